The molecule has 3 heteroatoms. The summed E-state index contributed by atoms with van der Waals surface area (Å²) in [6, 6.07) is 11.8. The largest absolute Gasteiger partial charge is 0.507 e. The summed E-state index contributed by atoms with van der Waals surface area (Å²) in [4.78, 5) is 5.34. The van der Waals surface area contributed by atoms with Crippen LogP contribution < -0.4 is 0 Å². The minimum atomic E-state index is -0.143. The van der Waals surface area contributed by atoms with E-state index in [1.165, 1.54) is 5.56 Å². The average Bonchev–Trinajstić information content (AvgIpc) is 2.45. The quantitative estimate of drug-likeness (QED) is 0.507. The van der Waals surface area contributed by atoms with E-state index >= 15 is 0 Å². The van der Waals surface area contributed by atoms with Gasteiger partial charge >= 0.3 is 0 Å². The van der Waals surface area contributed by atoms with Gasteiger partial charge in [0.2, 0.25) is 0 Å². The SMILES string of the molecule is CC(C)(C)c1cc(C=Nc2ccccc2S)c(O)c(C(C)(C)C)c1. The van der Waals surface area contributed by atoms with Crippen LogP contribution in [-0.4, -0.2) is 11.3 Å². The van der Waals surface area contributed by atoms with Gasteiger partial charge in [0.1, 0.15) is 5.75 Å². The number of benzene rings is 2. The molecule has 0 heterocycles. The number of phenols is 1. The third kappa shape index (κ3) is 4.21. The summed E-state index contributed by atoms with van der Waals surface area (Å²) in [5, 5.41) is 10.8. The first kappa shape index (κ1) is 18.6. The highest BCUT2D eigenvalue weighted by Gasteiger charge is 2.24. The van der Waals surface area contributed by atoms with Crippen LogP contribution in [0, 0.1) is 0 Å². The number of para-hydroxylation sites is 1. The lowest BCUT2D eigenvalue weighted by molar-refractivity contribution is 0.444. The van der Waals surface area contributed by atoms with Crippen LogP contribution in [0.1, 0.15) is 58.2 Å². The number of thiol groups is 1. The molecule has 2 aromatic rings. The van der Waals surface area contributed by atoms with E-state index in [1.54, 1.807) is 6.21 Å². The number of rotatable bonds is 2. The minimum absolute atomic E-state index is 0.00224. The van der Waals surface area contributed by atoms with Crippen molar-refractivity contribution < 1.29 is 5.11 Å². The molecule has 2 rings (SSSR count). The van der Waals surface area contributed by atoms with Crippen LogP contribution in [0.15, 0.2) is 46.3 Å². The number of aromatic hydroxyl groups is 1. The van der Waals surface area contributed by atoms with Crippen molar-refractivity contribution in [1.82, 2.24) is 0 Å². The number of hydrogen-bond acceptors (Lipinski definition) is 3. The second kappa shape index (κ2) is 6.64. The molecule has 0 radical (unpaired) electrons. The van der Waals surface area contributed by atoms with Gasteiger partial charge in [0.25, 0.3) is 0 Å². The smallest absolute Gasteiger partial charge is 0.128 e. The highest BCUT2D eigenvalue weighted by molar-refractivity contribution is 7.80. The van der Waals surface area contributed by atoms with E-state index in [4.69, 9.17) is 0 Å². The molecule has 0 amide bonds. The van der Waals surface area contributed by atoms with E-state index < -0.39 is 0 Å². The van der Waals surface area contributed by atoms with Crippen LogP contribution >= 0.6 is 12.6 Å². The lowest BCUT2D eigenvalue weighted by atomic mass is 9.79. The monoisotopic (exact) mass is 341 g/mol. The molecule has 1 N–H and O–H groups in total. The van der Waals surface area contributed by atoms with Crippen LogP contribution in [0.2, 0.25) is 0 Å². The number of phenolic OH excluding ortho intramolecular Hbond substituents is 1. The average molecular weight is 342 g/mol. The molecule has 0 bridgehead atoms. The first-order chi connectivity index (χ1) is 11.0. The zero-order valence-corrected chi connectivity index (χ0v) is 16.3. The van der Waals surface area contributed by atoms with Crippen molar-refractivity contribution in [3.63, 3.8) is 0 Å². The Morgan fingerprint density at radius 2 is 1.58 bits per heavy atom. The minimum Gasteiger partial charge on any atom is -0.507 e. The lowest BCUT2D eigenvalue weighted by Crippen LogP contribution is -2.17. The molecule has 0 aliphatic carbocycles. The Bertz CT molecular complexity index is 764. The molecule has 128 valence electrons. The van der Waals surface area contributed by atoms with E-state index in [0.717, 1.165) is 21.7 Å². The molecule has 2 nitrogen and oxygen atoms in total. The molecule has 0 spiro atoms. The van der Waals surface area contributed by atoms with Gasteiger partial charge in [0.15, 0.2) is 0 Å². The second-order valence-corrected chi connectivity index (χ2v) is 8.69. The summed E-state index contributed by atoms with van der Waals surface area (Å²) in [5.74, 6) is 0.302. The number of nitrogens with zero attached hydrogens (tertiary/aromatic N) is 1. The van der Waals surface area contributed by atoms with E-state index in [0.29, 0.717) is 5.75 Å². The van der Waals surface area contributed by atoms with Crippen LogP contribution in [0.4, 0.5) is 5.69 Å². The van der Waals surface area contributed by atoms with Crippen molar-refractivity contribution in [2.75, 3.05) is 0 Å². The van der Waals surface area contributed by atoms with Gasteiger partial charge in [-0.1, -0.05) is 59.7 Å². The molecule has 24 heavy (non-hydrogen) atoms. The van der Waals surface area contributed by atoms with Crippen molar-refractivity contribution in [3.8, 4) is 5.75 Å². The van der Waals surface area contributed by atoms with E-state index in [1.807, 2.05) is 30.3 Å². The predicted molar refractivity (Wildman–Crippen MR) is 106 cm³/mol. The zero-order chi connectivity index (χ0) is 18.1. The highest BCUT2D eigenvalue weighted by Crippen LogP contribution is 2.37. The van der Waals surface area contributed by atoms with Gasteiger partial charge in [-0.3, -0.25) is 4.99 Å². The van der Waals surface area contributed by atoms with Gasteiger partial charge in [-0.05, 0) is 34.6 Å². The van der Waals surface area contributed by atoms with E-state index in [2.05, 4.69) is 65.2 Å². The third-order valence-electron chi connectivity index (χ3n) is 4.04. The Hall–Kier alpha value is -1.74. The van der Waals surface area contributed by atoms with Crippen LogP contribution in [0.25, 0.3) is 0 Å². The Morgan fingerprint density at radius 3 is 2.12 bits per heavy atom. The molecule has 2 aromatic carbocycles. The maximum absolute atomic E-state index is 10.8. The van der Waals surface area contributed by atoms with Crippen molar-refractivity contribution in [1.29, 1.82) is 0 Å². The molecule has 0 aliphatic rings. The molecular weight excluding hydrogens is 314 g/mol. The fraction of sp³-hybridized carbons (Fsp3) is 0.381. The van der Waals surface area contributed by atoms with E-state index in [-0.39, 0.29) is 10.8 Å². The topological polar surface area (TPSA) is 32.6 Å². The number of hydrogen-bond donors (Lipinski definition) is 2. The maximum Gasteiger partial charge on any atom is 0.128 e. The molecular formula is C21H27NOS. The van der Waals surface area contributed by atoms with Gasteiger partial charge < -0.3 is 5.11 Å². The summed E-state index contributed by atoms with van der Waals surface area (Å²) in [7, 11) is 0. The van der Waals surface area contributed by atoms with Gasteiger partial charge in [-0.2, -0.15) is 0 Å². The Kier molecular flexibility index (Phi) is 5.14. The van der Waals surface area contributed by atoms with Crippen LogP contribution in [-0.2, 0) is 10.8 Å². The van der Waals surface area contributed by atoms with Crippen LogP contribution in [0.3, 0.4) is 0 Å². The fourth-order valence-corrected chi connectivity index (χ4v) is 2.69. The molecule has 0 aliphatic heterocycles. The molecule has 0 saturated heterocycles. The maximum atomic E-state index is 10.8. The van der Waals surface area contributed by atoms with Crippen molar-refractivity contribution in [2.24, 2.45) is 4.99 Å². The highest BCUT2D eigenvalue weighted by atomic mass is 32.1. The van der Waals surface area contributed by atoms with Gasteiger partial charge in [0.05, 0.1) is 5.69 Å². The summed E-state index contributed by atoms with van der Waals surface area (Å²) in [5.41, 5.74) is 3.51. The van der Waals surface area contributed by atoms with Gasteiger partial charge in [0, 0.05) is 22.2 Å². The third-order valence-corrected chi connectivity index (χ3v) is 4.42. The first-order valence-electron chi connectivity index (χ1n) is 8.20. The van der Waals surface area contributed by atoms with E-state index in [9.17, 15) is 5.11 Å². The second-order valence-electron chi connectivity index (χ2n) is 8.21. The predicted octanol–water partition coefficient (Wildman–Crippen LogP) is 6.03. The fourth-order valence-electron chi connectivity index (χ4n) is 2.47. The summed E-state index contributed by atoms with van der Waals surface area (Å²) < 4.78 is 0. The van der Waals surface area contributed by atoms with Gasteiger partial charge in [-0.25, -0.2) is 0 Å². The molecule has 0 saturated carbocycles. The summed E-state index contributed by atoms with van der Waals surface area (Å²) >= 11 is 4.43. The molecule has 0 atom stereocenters. The molecule has 0 aromatic heterocycles. The summed E-state index contributed by atoms with van der Waals surface area (Å²) in [6.45, 7) is 12.9. The Labute approximate surface area is 151 Å². The molecule has 0 fully saturated rings. The van der Waals surface area contributed by atoms with Crippen LogP contribution in [0.5, 0.6) is 5.75 Å². The lowest BCUT2D eigenvalue weighted by Gasteiger charge is -2.27. The Balaban J connectivity index is 2.59. The van der Waals surface area contributed by atoms with Crippen molar-refractivity contribution in [2.45, 2.75) is 57.3 Å². The normalized spacial score (nSPS) is 12.8. The number of aliphatic imine (C=N–C) groups is 1. The van der Waals surface area contributed by atoms with Crippen molar-refractivity contribution in [3.05, 3.63) is 53.1 Å². The standard InChI is InChI=1S/C21H27NOS/c1-20(2,3)15-11-14(19(23)16(12-15)21(4,5)6)13-22-17-9-7-8-10-18(17)24/h7-13,23-24H,1-6H3. The Morgan fingerprint density at radius 1 is 0.958 bits per heavy atom. The summed E-state index contributed by atoms with van der Waals surface area (Å²) in [6.07, 6.45) is 1.73. The molecule has 0 unspecified atom stereocenters. The first-order valence-corrected chi connectivity index (χ1v) is 8.65. The van der Waals surface area contributed by atoms with Gasteiger partial charge in [-0.15, -0.1) is 12.6 Å². The van der Waals surface area contributed by atoms with Crippen molar-refractivity contribution >= 4 is 24.5 Å². The zero-order valence-electron chi connectivity index (χ0n) is 15.4.